The van der Waals surface area contributed by atoms with Crippen molar-refractivity contribution in [1.82, 2.24) is 19.8 Å². The van der Waals surface area contributed by atoms with Crippen molar-refractivity contribution in [1.29, 1.82) is 0 Å². The third kappa shape index (κ3) is 8.53. The number of benzene rings is 1. The summed E-state index contributed by atoms with van der Waals surface area (Å²) >= 11 is 7.11. The lowest BCUT2D eigenvalue weighted by molar-refractivity contribution is -0.143. The summed E-state index contributed by atoms with van der Waals surface area (Å²) in [7, 11) is -2.63. The van der Waals surface area contributed by atoms with Crippen LogP contribution in [0.15, 0.2) is 41.8 Å². The Labute approximate surface area is 253 Å². The number of anilines is 1. The van der Waals surface area contributed by atoms with Gasteiger partial charge in [0.2, 0.25) is 21.8 Å². The molecule has 15 heteroatoms. The summed E-state index contributed by atoms with van der Waals surface area (Å²) in [6.45, 7) is 0.857. The van der Waals surface area contributed by atoms with E-state index in [0.29, 0.717) is 52.8 Å². The number of carbonyl (C=O) groups excluding carboxylic acids is 4. The number of rotatable bonds is 10. The van der Waals surface area contributed by atoms with E-state index in [4.69, 9.17) is 16.3 Å². The Hall–Kier alpha value is -3.46. The van der Waals surface area contributed by atoms with Crippen molar-refractivity contribution in [3.05, 3.63) is 56.6 Å². The summed E-state index contributed by atoms with van der Waals surface area (Å²) in [5, 5.41) is 6.42. The molecule has 3 heterocycles. The highest BCUT2D eigenvalue weighted by Crippen LogP contribution is 2.23. The summed E-state index contributed by atoms with van der Waals surface area (Å²) in [6.07, 6.45) is 3.71. The molecular weight excluding hydrogens is 606 g/mol. The SMILES string of the molecule is COC(=O)c1cccc(NC(=O)NC[C@@H]2CCCN2C(=O)CN2CCC[C@H](NS(=O)(=O)C=Cc3ccc(Cl)s3)C2=O)c1. The van der Waals surface area contributed by atoms with E-state index in [1.165, 1.54) is 35.5 Å². The van der Waals surface area contributed by atoms with Crippen molar-refractivity contribution in [3.8, 4) is 0 Å². The molecular formula is C27H32ClN5O7S2. The number of piperidine rings is 1. The van der Waals surface area contributed by atoms with Gasteiger partial charge in [-0.2, -0.15) is 4.72 Å². The van der Waals surface area contributed by atoms with Gasteiger partial charge in [-0.05, 0) is 62.1 Å². The van der Waals surface area contributed by atoms with Gasteiger partial charge in [0.25, 0.3) is 0 Å². The van der Waals surface area contributed by atoms with Crippen LogP contribution in [0.1, 0.15) is 40.9 Å². The molecule has 1 aromatic carbocycles. The molecule has 2 aliphatic heterocycles. The fourth-order valence-corrected chi connectivity index (χ4v) is 6.95. The van der Waals surface area contributed by atoms with Crippen LogP contribution in [0.2, 0.25) is 4.34 Å². The van der Waals surface area contributed by atoms with E-state index in [0.717, 1.165) is 11.8 Å². The second kappa shape index (κ2) is 14.1. The van der Waals surface area contributed by atoms with Crippen LogP contribution < -0.4 is 15.4 Å². The van der Waals surface area contributed by atoms with E-state index in [-0.39, 0.29) is 25.0 Å². The van der Waals surface area contributed by atoms with Gasteiger partial charge in [-0.25, -0.2) is 18.0 Å². The topological polar surface area (TPSA) is 154 Å². The molecule has 0 spiro atoms. The number of carbonyl (C=O) groups is 4. The number of amides is 4. The molecule has 12 nitrogen and oxygen atoms in total. The molecule has 4 rings (SSSR count). The lowest BCUT2D eigenvalue weighted by Gasteiger charge is -2.34. The molecule has 3 N–H and O–H groups in total. The number of nitrogens with one attached hydrogen (secondary N) is 3. The van der Waals surface area contributed by atoms with Crippen molar-refractivity contribution in [3.63, 3.8) is 0 Å². The van der Waals surface area contributed by atoms with E-state index in [1.807, 2.05) is 0 Å². The van der Waals surface area contributed by atoms with Crippen molar-refractivity contribution >= 4 is 68.5 Å². The number of hydrogen-bond acceptors (Lipinski definition) is 8. The number of urea groups is 1. The fraction of sp³-hybridized carbons (Fsp3) is 0.407. The molecule has 2 aliphatic rings. The fourth-order valence-electron chi connectivity index (χ4n) is 4.88. The summed E-state index contributed by atoms with van der Waals surface area (Å²) in [4.78, 5) is 54.2. The Morgan fingerprint density at radius 1 is 1.14 bits per heavy atom. The Morgan fingerprint density at radius 3 is 2.67 bits per heavy atom. The molecule has 226 valence electrons. The number of methoxy groups -OCH3 is 1. The van der Waals surface area contributed by atoms with Crippen LogP contribution >= 0.6 is 22.9 Å². The molecule has 2 saturated heterocycles. The zero-order valence-electron chi connectivity index (χ0n) is 22.9. The van der Waals surface area contributed by atoms with Gasteiger partial charge in [-0.3, -0.25) is 9.59 Å². The van der Waals surface area contributed by atoms with Gasteiger partial charge in [-0.15, -0.1) is 11.3 Å². The molecule has 2 fully saturated rings. The van der Waals surface area contributed by atoms with Gasteiger partial charge < -0.3 is 25.2 Å². The van der Waals surface area contributed by atoms with Crippen LogP contribution in [0, 0.1) is 0 Å². The third-order valence-electron chi connectivity index (χ3n) is 6.91. The first-order valence-electron chi connectivity index (χ1n) is 13.3. The molecule has 2 atom stereocenters. The van der Waals surface area contributed by atoms with Crippen LogP contribution in [-0.2, 0) is 24.3 Å². The summed E-state index contributed by atoms with van der Waals surface area (Å²) in [5.41, 5.74) is 0.709. The maximum atomic E-state index is 13.2. The normalized spacial score (nSPS) is 19.2. The monoisotopic (exact) mass is 637 g/mol. The smallest absolute Gasteiger partial charge is 0.337 e. The van der Waals surface area contributed by atoms with Gasteiger partial charge >= 0.3 is 12.0 Å². The molecule has 1 aromatic heterocycles. The second-order valence-electron chi connectivity index (χ2n) is 9.85. The first kappa shape index (κ1) is 31.5. The highest BCUT2D eigenvalue weighted by atomic mass is 35.5. The van der Waals surface area contributed by atoms with Crippen LogP contribution in [0.3, 0.4) is 0 Å². The van der Waals surface area contributed by atoms with E-state index in [2.05, 4.69) is 15.4 Å². The quantitative estimate of drug-likeness (QED) is 0.339. The number of likely N-dealkylation sites (tertiary alicyclic amines) is 2. The zero-order chi connectivity index (χ0) is 30.3. The van der Waals surface area contributed by atoms with Crippen LogP contribution in [0.25, 0.3) is 6.08 Å². The molecule has 0 saturated carbocycles. The van der Waals surface area contributed by atoms with Gasteiger partial charge in [0.1, 0.15) is 6.04 Å². The lowest BCUT2D eigenvalue weighted by Crippen LogP contribution is -2.55. The molecule has 2 aromatic rings. The van der Waals surface area contributed by atoms with Crippen LogP contribution in [0.4, 0.5) is 10.5 Å². The van der Waals surface area contributed by atoms with Crippen LogP contribution in [0.5, 0.6) is 0 Å². The Kier molecular flexibility index (Phi) is 10.6. The zero-order valence-corrected chi connectivity index (χ0v) is 25.3. The largest absolute Gasteiger partial charge is 0.465 e. The van der Waals surface area contributed by atoms with E-state index >= 15 is 0 Å². The second-order valence-corrected chi connectivity index (χ2v) is 13.2. The third-order valence-corrected chi connectivity index (χ3v) is 9.21. The Balaban J connectivity index is 1.28. The molecule has 4 amide bonds. The van der Waals surface area contributed by atoms with Crippen molar-refractivity contribution < 1.29 is 32.3 Å². The minimum absolute atomic E-state index is 0.177. The molecule has 42 heavy (non-hydrogen) atoms. The summed E-state index contributed by atoms with van der Waals surface area (Å²) in [6, 6.07) is 7.96. The lowest BCUT2D eigenvalue weighted by atomic mass is 10.1. The van der Waals surface area contributed by atoms with Crippen molar-refractivity contribution in [2.24, 2.45) is 0 Å². The Morgan fingerprint density at radius 2 is 1.93 bits per heavy atom. The Bertz CT molecular complexity index is 1460. The predicted molar refractivity (Wildman–Crippen MR) is 160 cm³/mol. The van der Waals surface area contributed by atoms with Crippen molar-refractivity contribution in [2.45, 2.75) is 37.8 Å². The number of ether oxygens (including phenoxy) is 1. The van der Waals surface area contributed by atoms with Gasteiger partial charge in [0.15, 0.2) is 0 Å². The molecule has 0 bridgehead atoms. The van der Waals surface area contributed by atoms with Crippen LogP contribution in [-0.4, -0.2) is 87.4 Å². The van der Waals surface area contributed by atoms with Gasteiger partial charge in [0, 0.05) is 41.6 Å². The minimum Gasteiger partial charge on any atom is -0.465 e. The van der Waals surface area contributed by atoms with Gasteiger partial charge in [0.05, 0.1) is 23.6 Å². The van der Waals surface area contributed by atoms with Gasteiger partial charge in [-0.1, -0.05) is 17.7 Å². The first-order valence-corrected chi connectivity index (χ1v) is 16.1. The number of halogens is 1. The minimum atomic E-state index is -3.90. The standard InChI is InChI=1S/C27H32ClN5O7S2/c1-40-26(36)18-5-2-6-19(15-18)30-27(37)29-16-20-7-3-13-33(20)24(34)17-32-12-4-8-22(25(32)35)31-42(38,39)14-11-21-9-10-23(28)41-21/h2,5-6,9-11,14-15,20,22,31H,3-4,7-8,12-13,16-17H2,1H3,(H2,29,30,37)/t20-,22-/m0/s1. The van der Waals surface area contributed by atoms with E-state index < -0.39 is 34.0 Å². The molecule has 0 radical (unpaired) electrons. The molecule has 0 unspecified atom stereocenters. The number of esters is 1. The number of sulfonamides is 1. The van der Waals surface area contributed by atoms with E-state index in [1.54, 1.807) is 35.2 Å². The highest BCUT2D eigenvalue weighted by molar-refractivity contribution is 7.92. The number of thiophene rings is 1. The number of nitrogens with zero attached hydrogens (tertiary/aromatic N) is 2. The summed E-state index contributed by atoms with van der Waals surface area (Å²) < 4.78 is 32.8. The predicted octanol–water partition coefficient (Wildman–Crippen LogP) is 2.88. The average molecular weight is 638 g/mol. The van der Waals surface area contributed by atoms with E-state index in [9.17, 15) is 27.6 Å². The average Bonchev–Trinajstić information content (AvgIpc) is 3.61. The first-order chi connectivity index (χ1) is 20.0. The summed E-state index contributed by atoms with van der Waals surface area (Å²) in [5.74, 6) is -1.24. The maximum Gasteiger partial charge on any atom is 0.337 e. The van der Waals surface area contributed by atoms with Crippen molar-refractivity contribution in [2.75, 3.05) is 38.6 Å². The number of hydrogen-bond donors (Lipinski definition) is 3. The highest BCUT2D eigenvalue weighted by Gasteiger charge is 2.35. The molecule has 0 aliphatic carbocycles. The maximum absolute atomic E-state index is 13.2.